The summed E-state index contributed by atoms with van der Waals surface area (Å²) in [4.78, 5) is 27.7. The Morgan fingerprint density at radius 2 is 1.44 bits per heavy atom. The SMILES string of the molecule is COc1ccc(CN(Cc2ccc(OC)cc2)c2ncc(-c3nc(N4CCOCC4)nc4c3CCN4c3ccc(S(=O)(=O)N4CCN(CCO)CC4)cc3F)cn2)cc1. The number of methoxy groups -OCH3 is 2. The van der Waals surface area contributed by atoms with Crippen LogP contribution in [0.1, 0.15) is 16.7 Å². The quantitative estimate of drug-likeness (QED) is 0.171. The molecule has 0 saturated carbocycles. The average molecular weight is 826 g/mol. The molecule has 17 heteroatoms. The lowest BCUT2D eigenvalue weighted by Crippen LogP contribution is -2.49. The van der Waals surface area contributed by atoms with Crippen molar-refractivity contribution < 1.29 is 32.1 Å². The summed E-state index contributed by atoms with van der Waals surface area (Å²) in [5.41, 5.74) is 4.52. The highest BCUT2D eigenvalue weighted by molar-refractivity contribution is 7.89. The van der Waals surface area contributed by atoms with Crippen LogP contribution in [0.4, 0.5) is 27.8 Å². The number of hydrogen-bond acceptors (Lipinski definition) is 14. The lowest BCUT2D eigenvalue weighted by atomic mass is 10.1. The van der Waals surface area contributed by atoms with Gasteiger partial charge in [-0.1, -0.05) is 24.3 Å². The van der Waals surface area contributed by atoms with Gasteiger partial charge in [0.2, 0.25) is 21.9 Å². The molecule has 8 rings (SSSR count). The molecular formula is C42H48FN9O6S. The zero-order valence-electron chi connectivity index (χ0n) is 33.2. The number of morpholine rings is 1. The van der Waals surface area contributed by atoms with Crippen LogP contribution in [0.25, 0.3) is 11.3 Å². The predicted octanol–water partition coefficient (Wildman–Crippen LogP) is 4.13. The van der Waals surface area contributed by atoms with Crippen LogP contribution in [0.5, 0.6) is 11.5 Å². The number of anilines is 4. The molecule has 15 nitrogen and oxygen atoms in total. The number of rotatable bonds is 14. The molecule has 3 aromatic carbocycles. The van der Waals surface area contributed by atoms with Crippen LogP contribution in [0, 0.1) is 5.82 Å². The van der Waals surface area contributed by atoms with Gasteiger partial charge < -0.3 is 34.0 Å². The third-order valence-corrected chi connectivity index (χ3v) is 12.9. The van der Waals surface area contributed by atoms with Crippen LogP contribution in [0.15, 0.2) is 84.0 Å². The van der Waals surface area contributed by atoms with Crippen molar-refractivity contribution >= 4 is 33.4 Å². The van der Waals surface area contributed by atoms with Crippen LogP contribution in [-0.2, 0) is 34.3 Å². The molecular weight excluding hydrogens is 778 g/mol. The summed E-state index contributed by atoms with van der Waals surface area (Å²) in [6, 6.07) is 19.9. The molecule has 0 radical (unpaired) electrons. The standard InChI is InChI=1S/C42H48FN9O6S/c1-56-33-7-3-30(4-8-33)28-50(29-31-5-9-34(57-2)10-6-31)41-44-26-32(27-45-41)39-36-13-14-52(40(36)47-42(46-39)49-20-23-58-24-21-49)38-12-11-35(25-37(38)43)59(54,55)51-17-15-48(16-18-51)19-22-53/h3-12,25-27,53H,13-24,28-29H2,1-2H3. The van der Waals surface area contributed by atoms with Gasteiger partial charge >= 0.3 is 0 Å². The molecule has 59 heavy (non-hydrogen) atoms. The van der Waals surface area contributed by atoms with E-state index in [1.165, 1.54) is 16.4 Å². The van der Waals surface area contributed by atoms with Crippen molar-refractivity contribution in [2.45, 2.75) is 24.4 Å². The van der Waals surface area contributed by atoms with Crippen LogP contribution in [-0.4, -0.2) is 129 Å². The first-order chi connectivity index (χ1) is 28.7. The van der Waals surface area contributed by atoms with E-state index in [1.54, 1.807) is 31.5 Å². The molecule has 310 valence electrons. The summed E-state index contributed by atoms with van der Waals surface area (Å²) in [6.07, 6.45) is 4.07. The maximum absolute atomic E-state index is 16.2. The molecule has 1 N–H and O–H groups in total. The molecule has 5 aromatic rings. The summed E-state index contributed by atoms with van der Waals surface area (Å²) in [6.45, 7) is 5.76. The Bertz CT molecular complexity index is 2280. The molecule has 0 spiro atoms. The Morgan fingerprint density at radius 1 is 0.814 bits per heavy atom. The molecule has 0 atom stereocenters. The number of aliphatic hydroxyl groups is 1. The Labute approximate surface area is 343 Å². The maximum atomic E-state index is 16.2. The first kappa shape index (κ1) is 40.3. The minimum Gasteiger partial charge on any atom is -0.497 e. The number of fused-ring (bicyclic) bond motifs is 1. The number of benzene rings is 3. The Balaban J connectivity index is 1.10. The van der Waals surface area contributed by atoms with Gasteiger partial charge in [0.05, 0.1) is 50.3 Å². The monoisotopic (exact) mass is 825 g/mol. The number of ether oxygens (including phenoxy) is 3. The minimum absolute atomic E-state index is 0.0102. The van der Waals surface area contributed by atoms with Gasteiger partial charge in [0.15, 0.2) is 0 Å². The van der Waals surface area contributed by atoms with E-state index >= 15 is 4.39 Å². The van der Waals surface area contributed by atoms with Crippen molar-refractivity contribution in [3.63, 3.8) is 0 Å². The van der Waals surface area contributed by atoms with Gasteiger partial charge in [-0.05, 0) is 60.0 Å². The second-order valence-corrected chi connectivity index (χ2v) is 16.5. The van der Waals surface area contributed by atoms with E-state index in [0.29, 0.717) is 101 Å². The topological polar surface area (TPSA) is 150 Å². The molecule has 0 bridgehead atoms. The number of aliphatic hydroxyl groups excluding tert-OH is 1. The molecule has 3 aliphatic rings. The number of piperazine rings is 1. The largest absolute Gasteiger partial charge is 0.497 e. The van der Waals surface area contributed by atoms with Crippen LogP contribution in [0.3, 0.4) is 0 Å². The van der Waals surface area contributed by atoms with E-state index in [9.17, 15) is 13.5 Å². The highest BCUT2D eigenvalue weighted by Crippen LogP contribution is 2.41. The molecule has 2 saturated heterocycles. The fourth-order valence-corrected chi connectivity index (χ4v) is 9.11. The molecule has 5 heterocycles. The zero-order chi connectivity index (χ0) is 40.9. The van der Waals surface area contributed by atoms with Gasteiger partial charge in [-0.15, -0.1) is 0 Å². The lowest BCUT2D eigenvalue weighted by Gasteiger charge is -2.33. The van der Waals surface area contributed by atoms with Gasteiger partial charge in [0.25, 0.3) is 0 Å². The summed E-state index contributed by atoms with van der Waals surface area (Å²) < 4.78 is 61.1. The molecule has 3 aliphatic heterocycles. The first-order valence-corrected chi connectivity index (χ1v) is 21.2. The number of β-amino-alcohol motifs (C(OH)–C–C–N with tert-alkyl or cyclic N) is 1. The van der Waals surface area contributed by atoms with Gasteiger partial charge in [0, 0.05) is 89.0 Å². The Kier molecular flexibility index (Phi) is 12.2. The second-order valence-electron chi connectivity index (χ2n) is 14.6. The molecule has 2 fully saturated rings. The van der Waals surface area contributed by atoms with Gasteiger partial charge in [0.1, 0.15) is 23.1 Å². The van der Waals surface area contributed by atoms with E-state index in [2.05, 4.69) is 9.80 Å². The summed E-state index contributed by atoms with van der Waals surface area (Å²) in [7, 11) is -0.637. The van der Waals surface area contributed by atoms with Crippen molar-refractivity contribution in [2.75, 3.05) is 101 Å². The van der Waals surface area contributed by atoms with Crippen molar-refractivity contribution in [1.82, 2.24) is 29.1 Å². The summed E-state index contributed by atoms with van der Waals surface area (Å²) in [5, 5.41) is 9.27. The lowest BCUT2D eigenvalue weighted by molar-refractivity contribution is 0.122. The zero-order valence-corrected chi connectivity index (χ0v) is 34.0. The van der Waals surface area contributed by atoms with E-state index in [0.717, 1.165) is 34.3 Å². The number of halogens is 1. The van der Waals surface area contributed by atoms with Crippen molar-refractivity contribution in [2.24, 2.45) is 0 Å². The van der Waals surface area contributed by atoms with Gasteiger partial charge in [-0.3, -0.25) is 4.90 Å². The Morgan fingerprint density at radius 3 is 2.02 bits per heavy atom. The van der Waals surface area contributed by atoms with E-state index in [4.69, 9.17) is 34.1 Å². The molecule has 2 aromatic heterocycles. The number of sulfonamides is 1. The fraction of sp³-hybridized carbons (Fsp3) is 0.381. The third kappa shape index (κ3) is 8.79. The summed E-state index contributed by atoms with van der Waals surface area (Å²) in [5.74, 6) is 2.46. The van der Waals surface area contributed by atoms with Crippen LogP contribution in [0.2, 0.25) is 0 Å². The van der Waals surface area contributed by atoms with Gasteiger partial charge in [-0.2, -0.15) is 9.29 Å². The van der Waals surface area contributed by atoms with Gasteiger partial charge in [-0.25, -0.2) is 27.8 Å². The first-order valence-electron chi connectivity index (χ1n) is 19.7. The second kappa shape index (κ2) is 17.8. The van der Waals surface area contributed by atoms with Crippen molar-refractivity contribution in [3.8, 4) is 22.8 Å². The predicted molar refractivity (Wildman–Crippen MR) is 221 cm³/mol. The Hall–Kier alpha value is -5.46. The molecule has 0 unspecified atom stereocenters. The number of nitrogens with zero attached hydrogens (tertiary/aromatic N) is 9. The summed E-state index contributed by atoms with van der Waals surface area (Å²) >= 11 is 0. The average Bonchev–Trinajstić information content (AvgIpc) is 3.71. The van der Waals surface area contributed by atoms with E-state index in [-0.39, 0.29) is 30.3 Å². The fourth-order valence-electron chi connectivity index (χ4n) is 7.68. The van der Waals surface area contributed by atoms with Crippen molar-refractivity contribution in [1.29, 1.82) is 0 Å². The van der Waals surface area contributed by atoms with Crippen LogP contribution >= 0.6 is 0 Å². The highest BCUT2D eigenvalue weighted by Gasteiger charge is 2.33. The maximum Gasteiger partial charge on any atom is 0.243 e. The van der Waals surface area contributed by atoms with E-state index < -0.39 is 15.8 Å². The third-order valence-electron chi connectivity index (χ3n) is 11.0. The highest BCUT2D eigenvalue weighted by atomic mass is 32.2. The van der Waals surface area contributed by atoms with E-state index in [1.807, 2.05) is 53.4 Å². The normalized spacial score (nSPS) is 16.3. The number of aromatic nitrogens is 4. The van der Waals surface area contributed by atoms with Crippen LogP contribution < -0.4 is 24.2 Å². The molecule has 0 amide bonds. The minimum atomic E-state index is -3.93. The van der Waals surface area contributed by atoms with Crippen molar-refractivity contribution in [3.05, 3.63) is 102 Å². The smallest absolute Gasteiger partial charge is 0.243 e. The number of hydrogen-bond donors (Lipinski definition) is 1. The molecule has 0 aliphatic carbocycles.